The molecule has 0 spiro atoms. The number of carbonyl (C=O) groups excluding carboxylic acids is 2. The summed E-state index contributed by atoms with van der Waals surface area (Å²) in [4.78, 5) is 28.6. The predicted molar refractivity (Wildman–Crippen MR) is 88.2 cm³/mol. The van der Waals surface area contributed by atoms with Gasteiger partial charge in [-0.15, -0.1) is 0 Å². The third kappa shape index (κ3) is 2.88. The van der Waals surface area contributed by atoms with E-state index in [0.29, 0.717) is 19.5 Å². The number of anilines is 1. The molecule has 6 heteroatoms. The highest BCUT2D eigenvalue weighted by atomic mass is 79.9. The lowest BCUT2D eigenvalue weighted by atomic mass is 10.0. The molecule has 0 radical (unpaired) electrons. The summed E-state index contributed by atoms with van der Waals surface area (Å²) in [5, 5.41) is 0. The maximum Gasteiger partial charge on any atom is 0.249 e. The SMILES string of the molecule is O=C1C2CCCCN2C(=O)CCN1c1ccc(Br)cc1Br. The first-order valence-electron chi connectivity index (χ1n) is 7.14. The van der Waals surface area contributed by atoms with Crippen LogP contribution in [0, 0.1) is 0 Å². The first-order valence-corrected chi connectivity index (χ1v) is 8.72. The molecule has 4 nitrogen and oxygen atoms in total. The summed E-state index contributed by atoms with van der Waals surface area (Å²) < 4.78 is 1.82. The standard InChI is InChI=1S/C15H16Br2N2O2/c16-10-4-5-12(11(17)9-10)19-8-6-14(20)18-7-2-1-3-13(18)15(19)21/h4-5,9,13H,1-3,6-8H2. The highest BCUT2D eigenvalue weighted by Gasteiger charge is 2.38. The van der Waals surface area contributed by atoms with E-state index in [9.17, 15) is 9.59 Å². The molecule has 21 heavy (non-hydrogen) atoms. The Morgan fingerprint density at radius 1 is 1.10 bits per heavy atom. The van der Waals surface area contributed by atoms with Gasteiger partial charge in [0.1, 0.15) is 6.04 Å². The number of hydrogen-bond donors (Lipinski definition) is 0. The molecule has 3 rings (SSSR count). The Morgan fingerprint density at radius 3 is 2.67 bits per heavy atom. The number of amides is 2. The van der Waals surface area contributed by atoms with Gasteiger partial charge in [-0.3, -0.25) is 9.59 Å². The minimum atomic E-state index is -0.288. The molecular formula is C15H16Br2N2O2. The molecule has 1 unspecified atom stereocenters. The summed E-state index contributed by atoms with van der Waals surface area (Å²) in [7, 11) is 0. The molecule has 2 amide bonds. The van der Waals surface area contributed by atoms with Gasteiger partial charge >= 0.3 is 0 Å². The summed E-state index contributed by atoms with van der Waals surface area (Å²) in [5.41, 5.74) is 0.837. The minimum Gasteiger partial charge on any atom is -0.331 e. The van der Waals surface area contributed by atoms with Gasteiger partial charge in [0.2, 0.25) is 11.8 Å². The fraction of sp³-hybridized carbons (Fsp3) is 0.467. The Morgan fingerprint density at radius 2 is 1.90 bits per heavy atom. The first-order chi connectivity index (χ1) is 10.1. The van der Waals surface area contributed by atoms with Crippen LogP contribution < -0.4 is 4.90 Å². The molecule has 2 fully saturated rings. The van der Waals surface area contributed by atoms with Crippen LogP contribution in [0.5, 0.6) is 0 Å². The van der Waals surface area contributed by atoms with Crippen LogP contribution in [0.4, 0.5) is 5.69 Å². The molecule has 2 heterocycles. The molecule has 2 aliphatic rings. The van der Waals surface area contributed by atoms with E-state index in [4.69, 9.17) is 0 Å². The summed E-state index contributed by atoms with van der Waals surface area (Å²) in [6.45, 7) is 1.16. The monoisotopic (exact) mass is 414 g/mol. The molecule has 2 aliphatic heterocycles. The number of carbonyl (C=O) groups is 2. The zero-order valence-corrected chi connectivity index (χ0v) is 14.7. The van der Waals surface area contributed by atoms with Crippen LogP contribution >= 0.6 is 31.9 Å². The van der Waals surface area contributed by atoms with Crippen LogP contribution in [0.25, 0.3) is 0 Å². The normalized spacial score (nSPS) is 23.0. The van der Waals surface area contributed by atoms with Gasteiger partial charge in [0.25, 0.3) is 0 Å². The maximum absolute atomic E-state index is 12.9. The van der Waals surface area contributed by atoms with Crippen molar-refractivity contribution in [3.05, 3.63) is 27.1 Å². The third-order valence-corrected chi connectivity index (χ3v) is 5.25. The predicted octanol–water partition coefficient (Wildman–Crippen LogP) is 3.33. The van der Waals surface area contributed by atoms with Crippen LogP contribution in [0.2, 0.25) is 0 Å². The Hall–Kier alpha value is -0.880. The van der Waals surface area contributed by atoms with Crippen LogP contribution in [-0.4, -0.2) is 35.8 Å². The van der Waals surface area contributed by atoms with E-state index >= 15 is 0 Å². The second-order valence-corrected chi connectivity index (χ2v) is 7.20. The van der Waals surface area contributed by atoms with Crippen molar-refractivity contribution in [2.24, 2.45) is 0 Å². The van der Waals surface area contributed by atoms with Crippen molar-refractivity contribution >= 4 is 49.4 Å². The van der Waals surface area contributed by atoms with E-state index in [0.717, 1.165) is 33.9 Å². The van der Waals surface area contributed by atoms with E-state index in [-0.39, 0.29) is 17.9 Å². The van der Waals surface area contributed by atoms with Gasteiger partial charge in [0.05, 0.1) is 5.69 Å². The molecule has 0 saturated carbocycles. The van der Waals surface area contributed by atoms with E-state index in [2.05, 4.69) is 31.9 Å². The summed E-state index contributed by atoms with van der Waals surface area (Å²) in [6, 6.07) is 5.46. The molecule has 1 atom stereocenters. The van der Waals surface area contributed by atoms with Gasteiger partial charge in [0.15, 0.2) is 0 Å². The van der Waals surface area contributed by atoms with E-state index in [1.165, 1.54) is 0 Å². The molecule has 1 aromatic rings. The average Bonchev–Trinajstić information content (AvgIpc) is 2.59. The lowest BCUT2D eigenvalue weighted by Gasteiger charge is -2.34. The lowest BCUT2D eigenvalue weighted by Crippen LogP contribution is -2.49. The molecule has 2 saturated heterocycles. The Balaban J connectivity index is 1.95. The second kappa shape index (κ2) is 6.08. The zero-order chi connectivity index (χ0) is 15.0. The Bertz CT molecular complexity index is 591. The number of rotatable bonds is 1. The van der Waals surface area contributed by atoms with Gasteiger partial charge in [-0.25, -0.2) is 0 Å². The van der Waals surface area contributed by atoms with E-state index < -0.39 is 0 Å². The highest BCUT2D eigenvalue weighted by Crippen LogP contribution is 2.32. The van der Waals surface area contributed by atoms with E-state index in [1.54, 1.807) is 9.80 Å². The van der Waals surface area contributed by atoms with Crippen molar-refractivity contribution in [2.75, 3.05) is 18.0 Å². The number of halogens is 2. The number of piperidine rings is 1. The fourth-order valence-corrected chi connectivity index (χ4v) is 4.33. The average molecular weight is 416 g/mol. The van der Waals surface area contributed by atoms with Crippen molar-refractivity contribution < 1.29 is 9.59 Å². The number of benzene rings is 1. The lowest BCUT2D eigenvalue weighted by molar-refractivity contribution is -0.138. The van der Waals surface area contributed by atoms with Gasteiger partial charge < -0.3 is 9.80 Å². The van der Waals surface area contributed by atoms with Crippen LogP contribution in [0.1, 0.15) is 25.7 Å². The zero-order valence-electron chi connectivity index (χ0n) is 11.5. The third-order valence-electron chi connectivity index (χ3n) is 4.12. The smallest absolute Gasteiger partial charge is 0.249 e. The summed E-state index contributed by atoms with van der Waals surface area (Å²) in [6.07, 6.45) is 3.17. The second-order valence-electron chi connectivity index (χ2n) is 5.43. The van der Waals surface area contributed by atoms with Gasteiger partial charge in [-0.1, -0.05) is 15.9 Å². The summed E-state index contributed by atoms with van der Waals surface area (Å²) >= 11 is 6.94. The molecular weight excluding hydrogens is 400 g/mol. The Kier molecular flexibility index (Phi) is 4.36. The van der Waals surface area contributed by atoms with E-state index in [1.807, 2.05) is 18.2 Å². The number of fused-ring (bicyclic) bond motifs is 1. The van der Waals surface area contributed by atoms with Crippen molar-refractivity contribution in [1.82, 2.24) is 4.90 Å². The fourth-order valence-electron chi connectivity index (χ4n) is 3.07. The van der Waals surface area contributed by atoms with Crippen molar-refractivity contribution in [2.45, 2.75) is 31.7 Å². The van der Waals surface area contributed by atoms with Gasteiger partial charge in [0, 0.05) is 28.5 Å². The van der Waals surface area contributed by atoms with Crippen LogP contribution in [0.15, 0.2) is 27.1 Å². The molecule has 112 valence electrons. The van der Waals surface area contributed by atoms with Gasteiger partial charge in [-0.05, 0) is 53.4 Å². The number of nitrogens with zero attached hydrogens (tertiary/aromatic N) is 2. The quantitative estimate of drug-likeness (QED) is 0.705. The molecule has 0 N–H and O–H groups in total. The van der Waals surface area contributed by atoms with Crippen molar-refractivity contribution in [1.29, 1.82) is 0 Å². The minimum absolute atomic E-state index is 0.0450. The van der Waals surface area contributed by atoms with Crippen molar-refractivity contribution in [3.8, 4) is 0 Å². The maximum atomic E-state index is 12.9. The molecule has 0 bridgehead atoms. The summed E-state index contributed by atoms with van der Waals surface area (Å²) in [5.74, 6) is 0.146. The largest absolute Gasteiger partial charge is 0.331 e. The van der Waals surface area contributed by atoms with Gasteiger partial charge in [-0.2, -0.15) is 0 Å². The van der Waals surface area contributed by atoms with Crippen LogP contribution in [0.3, 0.4) is 0 Å². The molecule has 0 aromatic heterocycles. The highest BCUT2D eigenvalue weighted by molar-refractivity contribution is 9.11. The van der Waals surface area contributed by atoms with Crippen molar-refractivity contribution in [3.63, 3.8) is 0 Å². The molecule has 1 aromatic carbocycles. The topological polar surface area (TPSA) is 40.6 Å². The number of hydrogen-bond acceptors (Lipinski definition) is 2. The first kappa shape index (κ1) is 15.0. The van der Waals surface area contributed by atoms with Crippen LogP contribution in [-0.2, 0) is 9.59 Å². The Labute approximate surface area is 140 Å². The molecule has 0 aliphatic carbocycles.